The molecule has 24 nitrogen and oxygen atoms in total. The number of rotatable bonds is 2. The molecule has 0 aliphatic carbocycles. The second-order valence-corrected chi connectivity index (χ2v) is 7.54. The van der Waals surface area contributed by atoms with Crippen LogP contribution in [0.3, 0.4) is 0 Å². The largest absolute Gasteiger partial charge is 3.00 e. The van der Waals surface area contributed by atoms with Gasteiger partial charge in [0.25, 0.3) is 0 Å². The van der Waals surface area contributed by atoms with E-state index in [1.54, 1.807) is 0 Å². The summed E-state index contributed by atoms with van der Waals surface area (Å²) in [6.07, 6.45) is 0. The zero-order chi connectivity index (χ0) is 29.3. The van der Waals surface area contributed by atoms with Crippen LogP contribution in [0, 0.1) is 0 Å². The summed E-state index contributed by atoms with van der Waals surface area (Å²) in [7, 11) is -25.8. The van der Waals surface area contributed by atoms with E-state index in [-0.39, 0.29) is 34.1 Å². The van der Waals surface area contributed by atoms with Gasteiger partial charge in [-0.15, -0.1) is 0 Å². The molecule has 2 radical (unpaired) electrons. The number of hydrogen-bond donors (Lipinski definition) is 4. The van der Waals surface area contributed by atoms with E-state index in [1.165, 1.54) is 0 Å². The van der Waals surface area contributed by atoms with Gasteiger partial charge in [-0.25, -0.2) is 0 Å². The van der Waals surface area contributed by atoms with Gasteiger partial charge >= 0.3 is 34.1 Å². The second kappa shape index (κ2) is 32.3. The third-order valence-corrected chi connectivity index (χ3v) is 0.500. The fraction of sp³-hybridized carbons (Fsp3) is 1.00. The van der Waals surface area contributed by atoms with E-state index in [0.29, 0.717) is 0 Å². The minimum Gasteiger partial charge on any atom is -0.759 e. The van der Waals surface area contributed by atoms with Crippen LogP contribution in [-0.4, -0.2) is 114 Å². The fourth-order valence-electron chi connectivity index (χ4n) is 0. The molecule has 0 aliphatic heterocycles. The van der Waals surface area contributed by atoms with Gasteiger partial charge in [-0.3, -0.25) is 42.1 Å². The Morgan fingerprint density at radius 3 is 0.343 bits per heavy atom. The molecule has 0 saturated heterocycles. The number of quaternary nitrogens is 4. The van der Waals surface area contributed by atoms with Gasteiger partial charge in [0.2, 0.25) is 0 Å². The van der Waals surface area contributed by atoms with Gasteiger partial charge in [0, 0.05) is 52.0 Å². The zero-order valence-corrected chi connectivity index (χ0v) is 22.9. The normalized spacial score (nSPS) is 10.0. The standard InChI is InChI=1S/2C2H8N2.2Fe.5H2O4S/c2*3-1-2-4;;;5*1-5(2,3)4/h2*1-4H2;;;5*(H2,1,2,3,4)/q;;2*+3;;;;;/p-6. The van der Waals surface area contributed by atoms with Crippen molar-refractivity contribution >= 4 is 52.0 Å². The van der Waals surface area contributed by atoms with Crippen molar-refractivity contribution in [2.24, 2.45) is 0 Å². The topological polar surface area (TPSA) is 512 Å². The molecule has 0 amide bonds. The molecule has 0 aromatic carbocycles. The molecule has 0 aromatic heterocycles. The smallest absolute Gasteiger partial charge is 0.759 e. The van der Waals surface area contributed by atoms with Crippen LogP contribution in [0.5, 0.6) is 0 Å². The van der Waals surface area contributed by atoms with Crippen molar-refractivity contribution in [3.05, 3.63) is 0 Å². The summed E-state index contributed by atoms with van der Waals surface area (Å²) in [6.45, 7) is 3.83. The molecule has 0 heterocycles. The third kappa shape index (κ3) is 7160. The molecular weight excluding hydrogens is 696 g/mol. The average molecular weight is 716 g/mol. The number of hydrogen-bond acceptors (Lipinski definition) is 20. The Hall–Kier alpha value is 0.229. The van der Waals surface area contributed by atoms with Crippen LogP contribution >= 0.6 is 0 Å². The summed E-state index contributed by atoms with van der Waals surface area (Å²) in [5.74, 6) is 0. The van der Waals surface area contributed by atoms with Gasteiger partial charge in [-0.1, -0.05) is 0 Å². The van der Waals surface area contributed by atoms with Crippen molar-refractivity contribution in [2.45, 2.75) is 0 Å². The molecular formula is C4H20Fe2N4O20S5. The maximum Gasteiger partial charge on any atom is 3.00 e. The van der Waals surface area contributed by atoms with E-state index in [2.05, 4.69) is 22.9 Å². The molecule has 222 valence electrons. The van der Waals surface area contributed by atoms with Crippen molar-refractivity contribution in [3.63, 3.8) is 0 Å². The van der Waals surface area contributed by atoms with Gasteiger partial charge in [-0.05, 0) is 0 Å². The first-order chi connectivity index (χ1) is 13.8. The van der Waals surface area contributed by atoms with E-state index < -0.39 is 52.0 Å². The van der Waals surface area contributed by atoms with Crippen LogP contribution < -0.4 is 22.9 Å². The summed E-state index contributed by atoms with van der Waals surface area (Å²) in [4.78, 5) is 0. The molecule has 0 aliphatic rings. The molecule has 35 heavy (non-hydrogen) atoms. The SMILES string of the molecule is O=S(=O)([O-])[O-].O=S(=O)([O-])[O-].O=S(=O)([O-])[O-].O=S(=O)([O-])[O-].O=S(=O)([O-])[O-].[Fe+3].[Fe+3].[NH3+]CC[NH3+].[NH3+]CC[NH3+]. The maximum absolute atomic E-state index is 8.52. The minimum absolute atomic E-state index is 0. The summed E-state index contributed by atoms with van der Waals surface area (Å²) in [6, 6.07) is 0. The van der Waals surface area contributed by atoms with Crippen LogP contribution in [0.2, 0.25) is 0 Å². The zero-order valence-electron chi connectivity index (χ0n) is 16.6. The Bertz CT molecular complexity index is 707. The van der Waals surface area contributed by atoms with Gasteiger partial charge in [0.1, 0.15) is 26.2 Å². The van der Waals surface area contributed by atoms with Crippen molar-refractivity contribution in [3.8, 4) is 0 Å². The average Bonchev–Trinajstić information content (AvgIpc) is 2.38. The first-order valence-electron chi connectivity index (χ1n) is 6.33. The molecule has 0 bridgehead atoms. The van der Waals surface area contributed by atoms with Crippen LogP contribution in [-0.2, 0) is 86.1 Å². The summed E-state index contributed by atoms with van der Waals surface area (Å²) >= 11 is 0. The van der Waals surface area contributed by atoms with Gasteiger partial charge in [0.05, 0.1) is 0 Å². The quantitative estimate of drug-likeness (QED) is 0.117. The van der Waals surface area contributed by atoms with Crippen molar-refractivity contribution in [1.29, 1.82) is 0 Å². The summed E-state index contributed by atoms with van der Waals surface area (Å²) in [5.41, 5.74) is 14.2. The first-order valence-corrected chi connectivity index (χ1v) is 13.0. The molecule has 0 aromatic rings. The Labute approximate surface area is 222 Å². The van der Waals surface area contributed by atoms with Crippen LogP contribution in [0.4, 0.5) is 0 Å². The fourth-order valence-corrected chi connectivity index (χ4v) is 0. The summed E-state index contributed by atoms with van der Waals surface area (Å²) < 4.78 is 170. The van der Waals surface area contributed by atoms with Crippen LogP contribution in [0.15, 0.2) is 0 Å². The van der Waals surface area contributed by atoms with Crippen molar-refractivity contribution in [2.75, 3.05) is 26.2 Å². The maximum atomic E-state index is 8.52. The van der Waals surface area contributed by atoms with Crippen LogP contribution in [0.1, 0.15) is 0 Å². The van der Waals surface area contributed by atoms with E-state index in [4.69, 9.17) is 87.6 Å². The van der Waals surface area contributed by atoms with Gasteiger partial charge in [-0.2, -0.15) is 0 Å². The predicted molar refractivity (Wildman–Crippen MR) is 83.4 cm³/mol. The molecule has 0 fully saturated rings. The first kappa shape index (κ1) is 60.0. The molecule has 0 rings (SSSR count). The monoisotopic (exact) mass is 716 g/mol. The van der Waals surface area contributed by atoms with E-state index >= 15 is 0 Å². The molecule has 0 spiro atoms. The molecule has 0 atom stereocenters. The van der Waals surface area contributed by atoms with E-state index in [9.17, 15) is 0 Å². The predicted octanol–water partition coefficient (Wildman–Crippen LogP) is -11.8. The minimum atomic E-state index is -5.17. The Kier molecular flexibility index (Phi) is 55.3. The summed E-state index contributed by atoms with van der Waals surface area (Å²) in [5, 5.41) is 0. The molecule has 12 N–H and O–H groups in total. The van der Waals surface area contributed by atoms with Crippen LogP contribution in [0.25, 0.3) is 0 Å². The van der Waals surface area contributed by atoms with Crippen molar-refractivity contribution in [1.82, 2.24) is 0 Å². The molecule has 0 unspecified atom stereocenters. The second-order valence-electron chi connectivity index (χ2n) is 3.46. The van der Waals surface area contributed by atoms with Crippen molar-refractivity contribution < 1.29 is 145 Å². The Morgan fingerprint density at radius 2 is 0.343 bits per heavy atom. The van der Waals surface area contributed by atoms with Gasteiger partial charge in [0.15, 0.2) is 0 Å². The molecule has 0 saturated carbocycles. The van der Waals surface area contributed by atoms with Gasteiger partial charge < -0.3 is 68.5 Å². The molecule has 31 heteroatoms. The third-order valence-electron chi connectivity index (χ3n) is 0.500. The van der Waals surface area contributed by atoms with E-state index in [0.717, 1.165) is 26.2 Å². The Balaban J connectivity index is -0.0000000320. The Morgan fingerprint density at radius 1 is 0.314 bits per heavy atom. The van der Waals surface area contributed by atoms with E-state index in [1.807, 2.05) is 0 Å².